The average Bonchev–Trinajstić information content (AvgIpc) is 1.87. The van der Waals surface area contributed by atoms with Crippen LogP contribution in [0.1, 0.15) is 6.42 Å². The molecular formula is C6H13ClN2O. The largest absolute Gasteiger partial charge is 0.347 e. The second-order valence-corrected chi connectivity index (χ2v) is 2.69. The van der Waals surface area contributed by atoms with Crippen molar-refractivity contribution >= 4 is 17.5 Å². The first kappa shape index (κ1) is 9.72. The lowest BCUT2D eigenvalue weighted by molar-refractivity contribution is -0.130. The number of alkyl halides is 1. The van der Waals surface area contributed by atoms with Crippen molar-refractivity contribution in [1.29, 1.82) is 0 Å². The predicted molar refractivity (Wildman–Crippen MR) is 42.0 cm³/mol. The van der Waals surface area contributed by atoms with Crippen molar-refractivity contribution in [1.82, 2.24) is 4.90 Å². The van der Waals surface area contributed by atoms with Gasteiger partial charge in [0, 0.05) is 20.0 Å². The second kappa shape index (κ2) is 4.52. The minimum atomic E-state index is -0.438. The van der Waals surface area contributed by atoms with E-state index in [1.165, 1.54) is 4.90 Å². The number of likely N-dealkylation sites (N-methyl/N-ethyl adjacent to an activating group) is 1. The van der Waals surface area contributed by atoms with Gasteiger partial charge in [0.05, 0.1) is 6.04 Å². The number of carbonyl (C=O) groups excluding carboxylic acids is 1. The van der Waals surface area contributed by atoms with Gasteiger partial charge in [0.2, 0.25) is 5.91 Å². The molecule has 0 fully saturated rings. The first-order valence-electron chi connectivity index (χ1n) is 3.12. The van der Waals surface area contributed by atoms with Crippen molar-refractivity contribution in [2.75, 3.05) is 20.0 Å². The Hall–Kier alpha value is -0.280. The Morgan fingerprint density at radius 2 is 2.20 bits per heavy atom. The van der Waals surface area contributed by atoms with Crippen molar-refractivity contribution < 1.29 is 4.79 Å². The minimum Gasteiger partial charge on any atom is -0.347 e. The highest BCUT2D eigenvalue weighted by atomic mass is 35.5. The molecule has 0 bridgehead atoms. The molecule has 0 saturated heterocycles. The summed E-state index contributed by atoms with van der Waals surface area (Å²) >= 11 is 5.39. The van der Waals surface area contributed by atoms with Gasteiger partial charge in [-0.3, -0.25) is 4.79 Å². The van der Waals surface area contributed by atoms with Crippen molar-refractivity contribution in [3.63, 3.8) is 0 Å². The third kappa shape index (κ3) is 3.03. The monoisotopic (exact) mass is 164 g/mol. The summed E-state index contributed by atoms with van der Waals surface area (Å²) < 4.78 is 0. The summed E-state index contributed by atoms with van der Waals surface area (Å²) in [6.07, 6.45) is 0.540. The summed E-state index contributed by atoms with van der Waals surface area (Å²) in [4.78, 5) is 12.4. The number of amides is 1. The molecule has 0 aliphatic rings. The highest BCUT2D eigenvalue weighted by molar-refractivity contribution is 6.18. The topological polar surface area (TPSA) is 46.3 Å². The molecule has 3 nitrogen and oxygen atoms in total. The number of carbonyl (C=O) groups is 1. The van der Waals surface area contributed by atoms with Crippen LogP contribution in [-0.4, -0.2) is 36.8 Å². The van der Waals surface area contributed by atoms with E-state index in [1.807, 2.05) is 0 Å². The van der Waals surface area contributed by atoms with Gasteiger partial charge in [-0.15, -0.1) is 11.6 Å². The molecule has 0 heterocycles. The lowest BCUT2D eigenvalue weighted by Gasteiger charge is -2.14. The molecule has 0 aliphatic carbocycles. The molecule has 0 saturated carbocycles. The first-order valence-corrected chi connectivity index (χ1v) is 3.65. The zero-order valence-corrected chi connectivity index (χ0v) is 7.06. The van der Waals surface area contributed by atoms with Crippen LogP contribution in [0.5, 0.6) is 0 Å². The van der Waals surface area contributed by atoms with Crippen molar-refractivity contribution in [3.05, 3.63) is 0 Å². The van der Waals surface area contributed by atoms with Gasteiger partial charge >= 0.3 is 0 Å². The molecule has 10 heavy (non-hydrogen) atoms. The molecule has 4 heteroatoms. The number of rotatable bonds is 3. The van der Waals surface area contributed by atoms with E-state index in [-0.39, 0.29) is 5.91 Å². The minimum absolute atomic E-state index is 0.0688. The van der Waals surface area contributed by atoms with Crippen LogP contribution in [0.2, 0.25) is 0 Å². The van der Waals surface area contributed by atoms with Gasteiger partial charge in [-0.2, -0.15) is 0 Å². The maximum atomic E-state index is 11.0. The SMILES string of the molecule is CN(C)C(=O)C(N)CCCl. The summed E-state index contributed by atoms with van der Waals surface area (Å²) in [5.74, 6) is 0.362. The molecule has 0 rings (SSSR count). The highest BCUT2D eigenvalue weighted by Crippen LogP contribution is 1.94. The van der Waals surface area contributed by atoms with Crippen LogP contribution in [-0.2, 0) is 4.79 Å². The Labute approximate surface area is 66.1 Å². The van der Waals surface area contributed by atoms with Crippen LogP contribution in [0.4, 0.5) is 0 Å². The van der Waals surface area contributed by atoms with E-state index >= 15 is 0 Å². The lowest BCUT2D eigenvalue weighted by atomic mass is 10.2. The standard InChI is InChI=1S/C6H13ClN2O/c1-9(2)6(10)5(8)3-4-7/h5H,3-4,8H2,1-2H3. The fraction of sp³-hybridized carbons (Fsp3) is 0.833. The Bertz CT molecular complexity index is 116. The Morgan fingerprint density at radius 3 is 2.50 bits per heavy atom. The number of nitrogens with zero attached hydrogens (tertiary/aromatic N) is 1. The molecule has 1 amide bonds. The van der Waals surface area contributed by atoms with Crippen LogP contribution in [0, 0.1) is 0 Å². The Kier molecular flexibility index (Phi) is 4.40. The summed E-state index contributed by atoms with van der Waals surface area (Å²) in [5.41, 5.74) is 5.45. The normalized spacial score (nSPS) is 12.8. The van der Waals surface area contributed by atoms with E-state index in [4.69, 9.17) is 17.3 Å². The van der Waals surface area contributed by atoms with Gasteiger partial charge in [0.15, 0.2) is 0 Å². The van der Waals surface area contributed by atoms with Gasteiger partial charge in [-0.05, 0) is 6.42 Å². The molecule has 1 unspecified atom stereocenters. The molecule has 0 radical (unpaired) electrons. The van der Waals surface area contributed by atoms with Gasteiger partial charge in [-0.1, -0.05) is 0 Å². The first-order chi connectivity index (χ1) is 4.59. The van der Waals surface area contributed by atoms with Crippen molar-refractivity contribution in [2.24, 2.45) is 5.73 Å². The number of halogens is 1. The molecule has 2 N–H and O–H groups in total. The number of nitrogens with two attached hydrogens (primary N) is 1. The lowest BCUT2D eigenvalue weighted by Crippen LogP contribution is -2.39. The fourth-order valence-electron chi connectivity index (χ4n) is 0.573. The molecule has 0 aromatic carbocycles. The van der Waals surface area contributed by atoms with E-state index in [9.17, 15) is 4.79 Å². The maximum Gasteiger partial charge on any atom is 0.239 e. The molecule has 1 atom stereocenters. The quantitative estimate of drug-likeness (QED) is 0.599. The summed E-state index contributed by atoms with van der Waals surface area (Å²) in [5, 5.41) is 0. The number of hydrogen-bond donors (Lipinski definition) is 1. The van der Waals surface area contributed by atoms with Crippen LogP contribution in [0.25, 0.3) is 0 Å². The van der Waals surface area contributed by atoms with Crippen molar-refractivity contribution in [2.45, 2.75) is 12.5 Å². The van der Waals surface area contributed by atoms with Gasteiger partial charge in [0.1, 0.15) is 0 Å². The van der Waals surface area contributed by atoms with E-state index in [0.29, 0.717) is 12.3 Å². The van der Waals surface area contributed by atoms with Gasteiger partial charge < -0.3 is 10.6 Å². The van der Waals surface area contributed by atoms with E-state index in [1.54, 1.807) is 14.1 Å². The van der Waals surface area contributed by atoms with Gasteiger partial charge in [-0.25, -0.2) is 0 Å². The number of hydrogen-bond acceptors (Lipinski definition) is 2. The zero-order chi connectivity index (χ0) is 8.15. The second-order valence-electron chi connectivity index (χ2n) is 2.32. The fourth-order valence-corrected chi connectivity index (χ4v) is 0.808. The molecule has 60 valence electrons. The summed E-state index contributed by atoms with van der Waals surface area (Å²) in [6, 6.07) is -0.438. The third-order valence-corrected chi connectivity index (χ3v) is 1.40. The predicted octanol–water partition coefficient (Wildman–Crippen LogP) is 0.0308. The zero-order valence-electron chi connectivity index (χ0n) is 6.30. The molecule has 0 aromatic heterocycles. The van der Waals surface area contributed by atoms with Crippen LogP contribution in [0.3, 0.4) is 0 Å². The van der Waals surface area contributed by atoms with Crippen molar-refractivity contribution in [3.8, 4) is 0 Å². The smallest absolute Gasteiger partial charge is 0.239 e. The van der Waals surface area contributed by atoms with Crippen LogP contribution < -0.4 is 5.73 Å². The van der Waals surface area contributed by atoms with Crippen LogP contribution >= 0.6 is 11.6 Å². The van der Waals surface area contributed by atoms with E-state index < -0.39 is 6.04 Å². The van der Waals surface area contributed by atoms with E-state index in [2.05, 4.69) is 0 Å². The van der Waals surface area contributed by atoms with Crippen LogP contribution in [0.15, 0.2) is 0 Å². The maximum absolute atomic E-state index is 11.0. The molecule has 0 aliphatic heterocycles. The molecular weight excluding hydrogens is 152 g/mol. The summed E-state index contributed by atoms with van der Waals surface area (Å²) in [7, 11) is 3.35. The summed E-state index contributed by atoms with van der Waals surface area (Å²) in [6.45, 7) is 0. The molecule has 0 aromatic rings. The Morgan fingerprint density at radius 1 is 1.70 bits per heavy atom. The van der Waals surface area contributed by atoms with Gasteiger partial charge in [0.25, 0.3) is 0 Å². The Balaban J connectivity index is 3.71. The third-order valence-electron chi connectivity index (χ3n) is 1.18. The molecule has 0 spiro atoms. The highest BCUT2D eigenvalue weighted by Gasteiger charge is 2.13. The average molecular weight is 165 g/mol. The van der Waals surface area contributed by atoms with E-state index in [0.717, 1.165) is 0 Å².